The van der Waals surface area contributed by atoms with E-state index in [2.05, 4.69) is 10.6 Å². The number of hydrogen-bond donors (Lipinski definition) is 2. The molecule has 2 aromatic rings. The monoisotopic (exact) mass is 393 g/mol. The molecule has 0 aliphatic heterocycles. The number of amides is 2. The zero-order valence-electron chi connectivity index (χ0n) is 16.6. The van der Waals surface area contributed by atoms with Crippen LogP contribution < -0.4 is 20.1 Å². The van der Waals surface area contributed by atoms with Crippen molar-refractivity contribution in [2.45, 2.75) is 13.8 Å². The minimum Gasteiger partial charge on any atom is -0.490 e. The summed E-state index contributed by atoms with van der Waals surface area (Å²) in [4.78, 5) is 23.9. The van der Waals surface area contributed by atoms with E-state index in [4.69, 9.17) is 14.7 Å². The van der Waals surface area contributed by atoms with E-state index in [1.165, 1.54) is 13.1 Å². The van der Waals surface area contributed by atoms with Crippen molar-refractivity contribution in [3.05, 3.63) is 59.2 Å². The van der Waals surface area contributed by atoms with Crippen molar-refractivity contribution in [1.82, 2.24) is 5.32 Å². The number of rotatable bonds is 8. The molecule has 7 nitrogen and oxygen atoms in total. The van der Waals surface area contributed by atoms with Crippen LogP contribution in [0, 0.1) is 18.3 Å². The molecule has 0 spiro atoms. The van der Waals surface area contributed by atoms with Crippen molar-refractivity contribution in [1.29, 1.82) is 5.26 Å². The molecule has 0 saturated carbocycles. The first kappa shape index (κ1) is 21.5. The normalized spacial score (nSPS) is 10.6. The van der Waals surface area contributed by atoms with Crippen LogP contribution >= 0.6 is 0 Å². The fourth-order valence-electron chi connectivity index (χ4n) is 2.49. The Balaban J connectivity index is 2.13. The number of ether oxygens (including phenoxy) is 2. The fraction of sp³-hybridized carbons (Fsp3) is 0.227. The van der Waals surface area contributed by atoms with Crippen LogP contribution in [0.2, 0.25) is 0 Å². The molecule has 7 heteroatoms. The lowest BCUT2D eigenvalue weighted by Crippen LogP contribution is -2.20. The number of carbonyl (C=O) groups is 2. The third-order valence-electron chi connectivity index (χ3n) is 3.95. The molecule has 0 saturated heterocycles. The van der Waals surface area contributed by atoms with Gasteiger partial charge < -0.3 is 20.1 Å². The zero-order valence-corrected chi connectivity index (χ0v) is 16.6. The Bertz CT molecular complexity index is 961. The average molecular weight is 393 g/mol. The Morgan fingerprint density at radius 2 is 1.90 bits per heavy atom. The van der Waals surface area contributed by atoms with Gasteiger partial charge in [-0.3, -0.25) is 9.59 Å². The van der Waals surface area contributed by atoms with Gasteiger partial charge in [0.2, 0.25) is 0 Å². The van der Waals surface area contributed by atoms with Gasteiger partial charge >= 0.3 is 0 Å². The summed E-state index contributed by atoms with van der Waals surface area (Å²) >= 11 is 0. The summed E-state index contributed by atoms with van der Waals surface area (Å²) in [6.07, 6.45) is 1.45. The topological polar surface area (TPSA) is 100 Å². The molecule has 0 fully saturated rings. The number of nitriles is 1. The van der Waals surface area contributed by atoms with E-state index in [9.17, 15) is 9.59 Å². The Hall–Kier alpha value is -3.79. The van der Waals surface area contributed by atoms with Crippen LogP contribution in [0.5, 0.6) is 11.5 Å². The number of nitrogens with zero attached hydrogens (tertiary/aromatic N) is 1. The number of carbonyl (C=O) groups excluding carboxylic acids is 2. The number of nitrogens with one attached hydrogen (secondary N) is 2. The summed E-state index contributed by atoms with van der Waals surface area (Å²) in [5, 5.41) is 14.3. The summed E-state index contributed by atoms with van der Waals surface area (Å²) in [5.74, 6) is 0.0392. The molecule has 2 amide bonds. The van der Waals surface area contributed by atoms with Crippen LogP contribution in [0.3, 0.4) is 0 Å². The predicted octanol–water partition coefficient (Wildman–Crippen LogP) is 3.06. The van der Waals surface area contributed by atoms with E-state index in [1.54, 1.807) is 18.2 Å². The highest BCUT2D eigenvalue weighted by molar-refractivity contribution is 6.01. The second kappa shape index (κ2) is 10.5. The molecular weight excluding hydrogens is 370 g/mol. The Kier molecular flexibility index (Phi) is 7.80. The molecule has 2 rings (SSSR count). The number of para-hydroxylation sites is 1. The van der Waals surface area contributed by atoms with Crippen molar-refractivity contribution in [2.24, 2.45) is 0 Å². The molecule has 0 aliphatic rings. The Morgan fingerprint density at radius 3 is 2.55 bits per heavy atom. The lowest BCUT2D eigenvalue weighted by atomic mass is 10.1. The van der Waals surface area contributed by atoms with E-state index < -0.39 is 5.91 Å². The van der Waals surface area contributed by atoms with Crippen molar-refractivity contribution < 1.29 is 19.1 Å². The van der Waals surface area contributed by atoms with Gasteiger partial charge in [0, 0.05) is 12.7 Å². The average Bonchev–Trinajstić information content (AvgIpc) is 2.72. The Morgan fingerprint density at radius 1 is 1.14 bits per heavy atom. The minimum atomic E-state index is -0.473. The maximum Gasteiger partial charge on any atom is 0.262 e. The highest BCUT2D eigenvalue weighted by Gasteiger charge is 2.11. The van der Waals surface area contributed by atoms with Gasteiger partial charge in [0.05, 0.1) is 6.61 Å². The number of hydrogen-bond acceptors (Lipinski definition) is 5. The van der Waals surface area contributed by atoms with Gasteiger partial charge in [0.1, 0.15) is 11.6 Å². The van der Waals surface area contributed by atoms with Crippen molar-refractivity contribution in [3.8, 4) is 17.6 Å². The molecule has 0 atom stereocenters. The molecule has 0 heterocycles. The second-order valence-electron chi connectivity index (χ2n) is 6.04. The first-order chi connectivity index (χ1) is 14.0. The summed E-state index contributed by atoms with van der Waals surface area (Å²) in [5.41, 5.74) is 2.26. The summed E-state index contributed by atoms with van der Waals surface area (Å²) < 4.78 is 11.2. The SMILES string of the molecule is CCOc1cc(/C=C(/C#N)C(=O)NC)ccc1OCC(=O)Nc1ccccc1C. The minimum absolute atomic E-state index is 0.0266. The van der Waals surface area contributed by atoms with Crippen molar-refractivity contribution >= 4 is 23.6 Å². The molecule has 0 bridgehead atoms. The maximum absolute atomic E-state index is 12.2. The third-order valence-corrected chi connectivity index (χ3v) is 3.95. The molecule has 0 radical (unpaired) electrons. The fourth-order valence-corrected chi connectivity index (χ4v) is 2.49. The van der Waals surface area contributed by atoms with E-state index in [1.807, 2.05) is 44.2 Å². The number of aryl methyl sites for hydroxylation is 1. The predicted molar refractivity (Wildman–Crippen MR) is 111 cm³/mol. The van der Waals surface area contributed by atoms with Crippen LogP contribution in [0.4, 0.5) is 5.69 Å². The first-order valence-electron chi connectivity index (χ1n) is 9.07. The smallest absolute Gasteiger partial charge is 0.262 e. The molecule has 2 aromatic carbocycles. The summed E-state index contributed by atoms with van der Waals surface area (Å²) in [6.45, 7) is 3.93. The molecule has 0 aromatic heterocycles. The number of benzene rings is 2. The van der Waals surface area contributed by atoms with Gasteiger partial charge in [0.25, 0.3) is 11.8 Å². The highest BCUT2D eigenvalue weighted by atomic mass is 16.5. The van der Waals surface area contributed by atoms with Crippen LogP contribution in [0.1, 0.15) is 18.1 Å². The molecule has 2 N–H and O–H groups in total. The van der Waals surface area contributed by atoms with Crippen LogP contribution in [-0.4, -0.2) is 32.1 Å². The van der Waals surface area contributed by atoms with Crippen LogP contribution in [0.15, 0.2) is 48.0 Å². The van der Waals surface area contributed by atoms with Crippen LogP contribution in [-0.2, 0) is 9.59 Å². The molecular formula is C22H23N3O4. The van der Waals surface area contributed by atoms with E-state index in [-0.39, 0.29) is 18.1 Å². The van der Waals surface area contributed by atoms with Gasteiger partial charge in [-0.15, -0.1) is 0 Å². The first-order valence-corrected chi connectivity index (χ1v) is 9.07. The van der Waals surface area contributed by atoms with Crippen molar-refractivity contribution in [3.63, 3.8) is 0 Å². The van der Waals surface area contributed by atoms with E-state index in [0.29, 0.717) is 23.7 Å². The van der Waals surface area contributed by atoms with Gasteiger partial charge in [-0.05, 0) is 49.2 Å². The van der Waals surface area contributed by atoms with E-state index >= 15 is 0 Å². The standard InChI is InChI=1S/C22H23N3O4/c1-4-28-20-12-16(11-17(13-23)22(27)24-3)9-10-19(20)29-14-21(26)25-18-8-6-5-7-15(18)2/h5-12H,4,14H2,1-3H3,(H,24,27)(H,25,26)/b17-11-. The number of likely N-dealkylation sites (N-methyl/N-ethyl adjacent to an activating group) is 1. The largest absolute Gasteiger partial charge is 0.490 e. The zero-order chi connectivity index (χ0) is 21.2. The van der Waals surface area contributed by atoms with Gasteiger partial charge in [-0.2, -0.15) is 5.26 Å². The highest BCUT2D eigenvalue weighted by Crippen LogP contribution is 2.29. The van der Waals surface area contributed by atoms with Crippen molar-refractivity contribution in [2.75, 3.05) is 25.6 Å². The molecule has 0 aliphatic carbocycles. The Labute approximate surface area is 169 Å². The second-order valence-corrected chi connectivity index (χ2v) is 6.04. The summed E-state index contributed by atoms with van der Waals surface area (Å²) in [7, 11) is 1.46. The number of anilines is 1. The third kappa shape index (κ3) is 6.11. The van der Waals surface area contributed by atoms with Crippen LogP contribution in [0.25, 0.3) is 6.08 Å². The molecule has 0 unspecified atom stereocenters. The van der Waals surface area contributed by atoms with Gasteiger partial charge in [-0.25, -0.2) is 0 Å². The lowest BCUT2D eigenvalue weighted by Gasteiger charge is -2.13. The molecule has 150 valence electrons. The summed E-state index contributed by atoms with van der Waals surface area (Å²) in [6, 6.07) is 14.3. The van der Waals surface area contributed by atoms with Gasteiger partial charge in [-0.1, -0.05) is 24.3 Å². The lowest BCUT2D eigenvalue weighted by molar-refractivity contribution is -0.118. The molecule has 29 heavy (non-hydrogen) atoms. The quantitative estimate of drug-likeness (QED) is 0.530. The van der Waals surface area contributed by atoms with E-state index in [0.717, 1.165) is 11.3 Å². The van der Waals surface area contributed by atoms with Gasteiger partial charge in [0.15, 0.2) is 18.1 Å². The maximum atomic E-state index is 12.2.